The van der Waals surface area contributed by atoms with E-state index in [1.807, 2.05) is 29.9 Å². The number of hydrogen-bond acceptors (Lipinski definition) is 4. The Morgan fingerprint density at radius 1 is 1.38 bits per heavy atom. The molecule has 21 heavy (non-hydrogen) atoms. The number of hydrogen-bond donors (Lipinski definition) is 1. The maximum absolute atomic E-state index is 5.90. The molecule has 0 aliphatic rings. The second kappa shape index (κ2) is 8.17. The predicted octanol–water partition coefficient (Wildman–Crippen LogP) is 2.50. The van der Waals surface area contributed by atoms with E-state index in [2.05, 4.69) is 32.3 Å². The largest absolute Gasteiger partial charge is 0.485 e. The number of methoxy groups -OCH3 is 1. The zero-order valence-electron chi connectivity index (χ0n) is 12.3. The quantitative estimate of drug-likeness (QED) is 0.740. The first-order valence-electron chi connectivity index (χ1n) is 6.78. The molecule has 0 saturated heterocycles. The summed E-state index contributed by atoms with van der Waals surface area (Å²) >= 11 is 3.50. The molecule has 0 aliphatic heterocycles. The van der Waals surface area contributed by atoms with Crippen molar-refractivity contribution in [3.8, 4) is 5.75 Å². The number of nitrogens with zero attached hydrogens (tertiary/aromatic N) is 2. The molecule has 0 spiro atoms. The van der Waals surface area contributed by atoms with Crippen LogP contribution in [-0.4, -0.2) is 29.8 Å². The van der Waals surface area contributed by atoms with Gasteiger partial charge in [0, 0.05) is 49.7 Å². The Labute approximate surface area is 133 Å². The van der Waals surface area contributed by atoms with Crippen molar-refractivity contribution >= 4 is 15.9 Å². The maximum atomic E-state index is 5.90. The van der Waals surface area contributed by atoms with Crippen LogP contribution in [0.3, 0.4) is 0 Å². The van der Waals surface area contributed by atoms with Gasteiger partial charge in [-0.15, -0.1) is 0 Å². The zero-order chi connectivity index (χ0) is 15.1. The first kappa shape index (κ1) is 16.0. The van der Waals surface area contributed by atoms with E-state index in [0.29, 0.717) is 13.2 Å². The van der Waals surface area contributed by atoms with Gasteiger partial charge in [-0.05, 0) is 18.2 Å². The average molecular weight is 354 g/mol. The molecule has 1 aromatic heterocycles. The van der Waals surface area contributed by atoms with Gasteiger partial charge in [0.1, 0.15) is 18.2 Å². The van der Waals surface area contributed by atoms with E-state index in [1.165, 1.54) is 0 Å². The predicted molar refractivity (Wildman–Crippen MR) is 85.3 cm³/mol. The number of aryl methyl sites for hydroxylation is 1. The third-order valence-electron chi connectivity index (χ3n) is 3.10. The van der Waals surface area contributed by atoms with Gasteiger partial charge in [0.2, 0.25) is 0 Å². The Balaban J connectivity index is 1.99. The Bertz CT molecular complexity index is 572. The number of imidazole rings is 1. The summed E-state index contributed by atoms with van der Waals surface area (Å²) in [4.78, 5) is 4.26. The molecule has 1 heterocycles. The monoisotopic (exact) mass is 353 g/mol. The fraction of sp³-hybridized carbons (Fsp3) is 0.400. The fourth-order valence-electron chi connectivity index (χ4n) is 1.90. The Morgan fingerprint density at radius 3 is 2.95 bits per heavy atom. The van der Waals surface area contributed by atoms with Crippen molar-refractivity contribution in [1.29, 1.82) is 0 Å². The van der Waals surface area contributed by atoms with Gasteiger partial charge in [0.05, 0.1) is 6.61 Å². The SMILES string of the molecule is COCCNCc1cc(Br)ccc1OCc1nccn1C. The number of ether oxygens (including phenoxy) is 2. The minimum Gasteiger partial charge on any atom is -0.485 e. The van der Waals surface area contributed by atoms with Crippen molar-refractivity contribution in [2.45, 2.75) is 13.2 Å². The highest BCUT2D eigenvalue weighted by atomic mass is 79.9. The minimum atomic E-state index is 0.455. The molecule has 0 amide bonds. The lowest BCUT2D eigenvalue weighted by Crippen LogP contribution is -2.19. The highest BCUT2D eigenvalue weighted by Crippen LogP contribution is 2.24. The smallest absolute Gasteiger partial charge is 0.146 e. The Morgan fingerprint density at radius 2 is 2.24 bits per heavy atom. The van der Waals surface area contributed by atoms with Crippen molar-refractivity contribution in [1.82, 2.24) is 14.9 Å². The summed E-state index contributed by atoms with van der Waals surface area (Å²) in [6.07, 6.45) is 3.68. The molecule has 1 aromatic carbocycles. The Hall–Kier alpha value is -1.37. The van der Waals surface area contributed by atoms with Crippen molar-refractivity contribution in [2.24, 2.45) is 7.05 Å². The van der Waals surface area contributed by atoms with E-state index in [1.54, 1.807) is 13.3 Å². The third-order valence-corrected chi connectivity index (χ3v) is 3.59. The number of aromatic nitrogens is 2. The molecule has 0 atom stereocenters. The number of benzene rings is 1. The van der Waals surface area contributed by atoms with Gasteiger partial charge in [-0.1, -0.05) is 15.9 Å². The van der Waals surface area contributed by atoms with Gasteiger partial charge in [0.15, 0.2) is 0 Å². The molecule has 0 unspecified atom stereocenters. The van der Waals surface area contributed by atoms with Crippen molar-refractivity contribution in [3.63, 3.8) is 0 Å². The van der Waals surface area contributed by atoms with Gasteiger partial charge in [-0.2, -0.15) is 0 Å². The summed E-state index contributed by atoms with van der Waals surface area (Å²) in [5.41, 5.74) is 1.11. The van der Waals surface area contributed by atoms with E-state index in [9.17, 15) is 0 Å². The van der Waals surface area contributed by atoms with Crippen LogP contribution in [0.5, 0.6) is 5.75 Å². The van der Waals surface area contributed by atoms with E-state index in [-0.39, 0.29) is 0 Å². The lowest BCUT2D eigenvalue weighted by molar-refractivity contribution is 0.199. The van der Waals surface area contributed by atoms with Crippen molar-refractivity contribution in [3.05, 3.63) is 46.5 Å². The molecule has 0 bridgehead atoms. The topological polar surface area (TPSA) is 48.3 Å². The summed E-state index contributed by atoms with van der Waals surface area (Å²) in [5.74, 6) is 1.77. The molecule has 1 N–H and O–H groups in total. The summed E-state index contributed by atoms with van der Waals surface area (Å²) in [5, 5.41) is 3.33. The van der Waals surface area contributed by atoms with Crippen LogP contribution in [0.15, 0.2) is 35.1 Å². The second-order valence-electron chi connectivity index (χ2n) is 4.66. The van der Waals surface area contributed by atoms with Crippen molar-refractivity contribution < 1.29 is 9.47 Å². The molecular weight excluding hydrogens is 334 g/mol. The van der Waals surface area contributed by atoms with Crippen LogP contribution in [0.2, 0.25) is 0 Å². The molecular formula is C15H20BrN3O2. The highest BCUT2D eigenvalue weighted by molar-refractivity contribution is 9.10. The van der Waals surface area contributed by atoms with E-state index in [0.717, 1.165) is 34.7 Å². The van der Waals surface area contributed by atoms with Crippen LogP contribution in [0.1, 0.15) is 11.4 Å². The van der Waals surface area contributed by atoms with Gasteiger partial charge in [-0.25, -0.2) is 4.98 Å². The molecule has 5 nitrogen and oxygen atoms in total. The maximum Gasteiger partial charge on any atom is 0.146 e. The number of halogens is 1. The van der Waals surface area contributed by atoms with Crippen LogP contribution in [0, 0.1) is 0 Å². The first-order chi connectivity index (χ1) is 10.2. The second-order valence-corrected chi connectivity index (χ2v) is 5.58. The van der Waals surface area contributed by atoms with Gasteiger partial charge < -0.3 is 19.4 Å². The van der Waals surface area contributed by atoms with Gasteiger partial charge in [0.25, 0.3) is 0 Å². The lowest BCUT2D eigenvalue weighted by Gasteiger charge is -2.13. The molecule has 0 radical (unpaired) electrons. The van der Waals surface area contributed by atoms with Crippen molar-refractivity contribution in [2.75, 3.05) is 20.3 Å². The standard InChI is InChI=1S/C15H20BrN3O2/c1-19-7-5-18-15(19)11-21-14-4-3-13(16)9-12(14)10-17-6-8-20-2/h3-5,7,9,17H,6,8,10-11H2,1-2H3. The van der Waals surface area contributed by atoms with Crippen LogP contribution >= 0.6 is 15.9 Å². The van der Waals surface area contributed by atoms with E-state index < -0.39 is 0 Å². The van der Waals surface area contributed by atoms with Crippen LogP contribution in [0.4, 0.5) is 0 Å². The Kier molecular flexibility index (Phi) is 6.22. The molecule has 0 saturated carbocycles. The minimum absolute atomic E-state index is 0.455. The third kappa shape index (κ3) is 4.84. The van der Waals surface area contributed by atoms with E-state index >= 15 is 0 Å². The molecule has 2 rings (SSSR count). The summed E-state index contributed by atoms with van der Waals surface area (Å²) in [6, 6.07) is 6.01. The summed E-state index contributed by atoms with van der Waals surface area (Å²) in [7, 11) is 3.66. The van der Waals surface area contributed by atoms with Crippen LogP contribution < -0.4 is 10.1 Å². The number of rotatable bonds is 8. The molecule has 6 heteroatoms. The highest BCUT2D eigenvalue weighted by Gasteiger charge is 2.07. The molecule has 0 aliphatic carbocycles. The average Bonchev–Trinajstić information content (AvgIpc) is 2.88. The normalized spacial score (nSPS) is 10.8. The molecule has 0 fully saturated rings. The summed E-state index contributed by atoms with van der Waals surface area (Å²) in [6.45, 7) is 2.69. The van der Waals surface area contributed by atoms with Crippen LogP contribution in [-0.2, 0) is 24.9 Å². The van der Waals surface area contributed by atoms with E-state index in [4.69, 9.17) is 9.47 Å². The fourth-order valence-corrected chi connectivity index (χ4v) is 2.31. The first-order valence-corrected chi connectivity index (χ1v) is 7.57. The van der Waals surface area contributed by atoms with Gasteiger partial charge in [-0.3, -0.25) is 0 Å². The summed E-state index contributed by atoms with van der Waals surface area (Å²) < 4.78 is 13.9. The molecule has 114 valence electrons. The zero-order valence-corrected chi connectivity index (χ0v) is 13.9. The van der Waals surface area contributed by atoms with Gasteiger partial charge >= 0.3 is 0 Å². The van der Waals surface area contributed by atoms with Crippen LogP contribution in [0.25, 0.3) is 0 Å². The number of nitrogens with one attached hydrogen (secondary N) is 1. The lowest BCUT2D eigenvalue weighted by atomic mass is 10.2. The molecule has 2 aromatic rings.